The molecule has 7 heteroatoms. The maximum Gasteiger partial charge on any atom is 0.244 e. The number of nitrogens with zero attached hydrogens (tertiary/aromatic N) is 4. The van der Waals surface area contributed by atoms with Crippen LogP contribution in [0, 0.1) is 19.7 Å². The van der Waals surface area contributed by atoms with Gasteiger partial charge in [-0.2, -0.15) is 5.10 Å². The van der Waals surface area contributed by atoms with E-state index in [0.29, 0.717) is 11.5 Å². The van der Waals surface area contributed by atoms with E-state index in [9.17, 15) is 9.18 Å². The number of carbonyl (C=O) groups is 1. The summed E-state index contributed by atoms with van der Waals surface area (Å²) in [7, 11) is 0. The maximum absolute atomic E-state index is 13.6. The number of aromatic nitrogens is 3. The van der Waals surface area contributed by atoms with Crippen LogP contribution < -0.4 is 0 Å². The van der Waals surface area contributed by atoms with E-state index in [-0.39, 0.29) is 18.3 Å². The molecular weight excluding hydrogens is 399 g/mol. The molecule has 0 unspecified atom stereocenters. The van der Waals surface area contributed by atoms with Gasteiger partial charge in [-0.3, -0.25) is 9.48 Å². The van der Waals surface area contributed by atoms with Crippen LogP contribution in [0.1, 0.15) is 46.8 Å². The number of rotatable bonds is 5. The van der Waals surface area contributed by atoms with Gasteiger partial charge in [0.05, 0.1) is 10.7 Å². The Balaban J connectivity index is 1.43. The normalized spacial score (nSPS) is 15.0. The molecule has 1 fully saturated rings. The Labute approximate surface area is 180 Å². The molecule has 0 aliphatic carbocycles. The minimum Gasteiger partial charge on any atom is -0.341 e. The molecule has 158 valence electrons. The molecule has 0 N–H and O–H groups in total. The number of amides is 1. The molecule has 3 aromatic rings. The van der Waals surface area contributed by atoms with Gasteiger partial charge >= 0.3 is 0 Å². The Bertz CT molecular complexity index is 1050. The predicted octanol–water partition coefficient (Wildman–Crippen LogP) is 4.73. The van der Waals surface area contributed by atoms with Gasteiger partial charge in [0.15, 0.2) is 0 Å². The number of hydrogen-bond acceptors (Lipinski definition) is 4. The molecule has 0 atom stereocenters. The summed E-state index contributed by atoms with van der Waals surface area (Å²) in [4.78, 5) is 20.6. The summed E-state index contributed by atoms with van der Waals surface area (Å²) in [5, 5.41) is 5.85. The zero-order valence-electron chi connectivity index (χ0n) is 17.7. The summed E-state index contributed by atoms with van der Waals surface area (Å²) in [5.74, 6) is 0.334. The van der Waals surface area contributed by atoms with E-state index in [1.807, 2.05) is 17.2 Å². The van der Waals surface area contributed by atoms with Gasteiger partial charge in [0, 0.05) is 41.3 Å². The monoisotopic (exact) mass is 426 g/mol. The lowest BCUT2D eigenvalue weighted by Crippen LogP contribution is -2.40. The number of hydrogen-bond donors (Lipinski definition) is 0. The van der Waals surface area contributed by atoms with Gasteiger partial charge in [0.2, 0.25) is 5.91 Å². The Kier molecular flexibility index (Phi) is 5.99. The molecule has 1 amide bonds. The first-order valence-electron chi connectivity index (χ1n) is 10.5. The Hall–Kier alpha value is -2.54. The smallest absolute Gasteiger partial charge is 0.244 e. The second-order valence-electron chi connectivity index (χ2n) is 7.96. The van der Waals surface area contributed by atoms with Crippen molar-refractivity contribution in [2.45, 2.75) is 52.5 Å². The van der Waals surface area contributed by atoms with Gasteiger partial charge in [-0.25, -0.2) is 9.37 Å². The SMILES string of the molecule is CCc1cc(-c2ccc(F)c(C)c2)nn1CC(=O)N1CCC(c2ncc(C)s2)CC1. The summed E-state index contributed by atoms with van der Waals surface area (Å²) in [6.07, 6.45) is 4.63. The van der Waals surface area contributed by atoms with Crippen molar-refractivity contribution < 1.29 is 9.18 Å². The van der Waals surface area contributed by atoms with E-state index < -0.39 is 0 Å². The first kappa shape index (κ1) is 20.7. The zero-order chi connectivity index (χ0) is 21.3. The van der Waals surface area contributed by atoms with E-state index in [0.717, 1.165) is 49.3 Å². The number of likely N-dealkylation sites (tertiary alicyclic amines) is 1. The highest BCUT2D eigenvalue weighted by Crippen LogP contribution is 2.31. The summed E-state index contributed by atoms with van der Waals surface area (Å²) >= 11 is 1.76. The highest BCUT2D eigenvalue weighted by molar-refractivity contribution is 7.11. The van der Waals surface area contributed by atoms with Crippen molar-refractivity contribution in [2.24, 2.45) is 0 Å². The Morgan fingerprint density at radius 3 is 2.63 bits per heavy atom. The quantitative estimate of drug-likeness (QED) is 0.593. The van der Waals surface area contributed by atoms with Crippen molar-refractivity contribution in [1.82, 2.24) is 19.7 Å². The lowest BCUT2D eigenvalue weighted by molar-refractivity contribution is -0.133. The van der Waals surface area contributed by atoms with Crippen molar-refractivity contribution in [2.75, 3.05) is 13.1 Å². The van der Waals surface area contributed by atoms with E-state index >= 15 is 0 Å². The second kappa shape index (κ2) is 8.68. The second-order valence-corrected chi connectivity index (χ2v) is 9.23. The van der Waals surface area contributed by atoms with Crippen LogP contribution in [0.2, 0.25) is 0 Å². The fourth-order valence-electron chi connectivity index (χ4n) is 3.99. The topological polar surface area (TPSA) is 51.0 Å². The van der Waals surface area contributed by atoms with Gasteiger partial charge < -0.3 is 4.90 Å². The molecule has 1 aliphatic rings. The number of aryl methyl sites for hydroxylation is 3. The van der Waals surface area contributed by atoms with Crippen molar-refractivity contribution in [1.29, 1.82) is 0 Å². The molecule has 1 aliphatic heterocycles. The van der Waals surface area contributed by atoms with Gasteiger partial charge in [-0.1, -0.05) is 6.92 Å². The van der Waals surface area contributed by atoms with Gasteiger partial charge in [-0.05, 0) is 62.9 Å². The van der Waals surface area contributed by atoms with Crippen LogP contribution >= 0.6 is 11.3 Å². The Morgan fingerprint density at radius 1 is 1.23 bits per heavy atom. The average molecular weight is 427 g/mol. The molecule has 5 nitrogen and oxygen atoms in total. The van der Waals surface area contributed by atoms with E-state index in [1.165, 1.54) is 16.0 Å². The van der Waals surface area contributed by atoms with Crippen LogP contribution in [0.5, 0.6) is 0 Å². The standard InChI is InChI=1S/C23H27FN4OS/c1-4-19-12-21(18-5-6-20(24)15(2)11-18)26-28(19)14-22(29)27-9-7-17(8-10-27)23-25-13-16(3)30-23/h5-6,11-13,17H,4,7-10,14H2,1-3H3. The molecular formula is C23H27FN4OS. The minimum atomic E-state index is -0.222. The number of benzene rings is 1. The molecule has 1 aromatic carbocycles. The predicted molar refractivity (Wildman–Crippen MR) is 117 cm³/mol. The van der Waals surface area contributed by atoms with Crippen LogP contribution in [0.4, 0.5) is 4.39 Å². The fraction of sp³-hybridized carbons (Fsp3) is 0.435. The fourth-order valence-corrected chi connectivity index (χ4v) is 4.93. The highest BCUT2D eigenvalue weighted by atomic mass is 32.1. The largest absolute Gasteiger partial charge is 0.341 e. The summed E-state index contributed by atoms with van der Waals surface area (Å²) in [5.41, 5.74) is 3.25. The first-order chi connectivity index (χ1) is 14.4. The maximum atomic E-state index is 13.6. The summed E-state index contributed by atoms with van der Waals surface area (Å²) in [6.45, 7) is 7.64. The first-order valence-corrected chi connectivity index (χ1v) is 11.3. The number of carbonyl (C=O) groups excluding carboxylic acids is 1. The van der Waals surface area contributed by atoms with Crippen LogP contribution in [0.25, 0.3) is 11.3 Å². The molecule has 2 aromatic heterocycles. The van der Waals surface area contributed by atoms with Gasteiger partial charge in [0.1, 0.15) is 12.4 Å². The van der Waals surface area contributed by atoms with Crippen LogP contribution in [-0.2, 0) is 17.8 Å². The summed E-state index contributed by atoms with van der Waals surface area (Å²) in [6, 6.07) is 7.00. The third-order valence-electron chi connectivity index (χ3n) is 5.80. The third kappa shape index (κ3) is 4.31. The number of piperidine rings is 1. The minimum absolute atomic E-state index is 0.100. The van der Waals surface area contributed by atoms with E-state index in [4.69, 9.17) is 0 Å². The van der Waals surface area contributed by atoms with Crippen LogP contribution in [0.15, 0.2) is 30.5 Å². The van der Waals surface area contributed by atoms with Crippen molar-refractivity contribution in [3.8, 4) is 11.3 Å². The third-order valence-corrected chi connectivity index (χ3v) is 6.88. The van der Waals surface area contributed by atoms with Crippen LogP contribution in [-0.4, -0.2) is 38.7 Å². The lowest BCUT2D eigenvalue weighted by atomic mass is 9.97. The number of thiazole rings is 1. The molecule has 30 heavy (non-hydrogen) atoms. The van der Waals surface area contributed by atoms with Gasteiger partial charge in [0.25, 0.3) is 0 Å². The molecule has 0 bridgehead atoms. The zero-order valence-corrected chi connectivity index (χ0v) is 18.5. The Morgan fingerprint density at radius 2 is 2.00 bits per heavy atom. The molecule has 0 saturated carbocycles. The number of halogens is 1. The van der Waals surface area contributed by atoms with Crippen molar-refractivity contribution in [3.63, 3.8) is 0 Å². The molecule has 3 heterocycles. The average Bonchev–Trinajstić information content (AvgIpc) is 3.36. The highest BCUT2D eigenvalue weighted by Gasteiger charge is 2.26. The van der Waals surface area contributed by atoms with Crippen LogP contribution in [0.3, 0.4) is 0 Å². The van der Waals surface area contributed by atoms with Gasteiger partial charge in [-0.15, -0.1) is 11.3 Å². The van der Waals surface area contributed by atoms with E-state index in [2.05, 4.69) is 23.9 Å². The lowest BCUT2D eigenvalue weighted by Gasteiger charge is -2.31. The van der Waals surface area contributed by atoms with E-state index in [1.54, 1.807) is 35.1 Å². The van der Waals surface area contributed by atoms with Crippen molar-refractivity contribution >= 4 is 17.2 Å². The summed E-state index contributed by atoms with van der Waals surface area (Å²) < 4.78 is 15.4. The molecule has 0 spiro atoms. The van der Waals surface area contributed by atoms with Crippen molar-refractivity contribution in [3.05, 3.63) is 57.4 Å². The molecule has 0 radical (unpaired) electrons. The molecule has 4 rings (SSSR count). The molecule has 1 saturated heterocycles.